The number of aliphatic imine (C=N–C) groups is 1. The summed E-state index contributed by atoms with van der Waals surface area (Å²) >= 11 is 0. The van der Waals surface area contributed by atoms with E-state index in [9.17, 15) is 4.79 Å². The van der Waals surface area contributed by atoms with Crippen molar-refractivity contribution in [3.8, 4) is 0 Å². The maximum Gasteiger partial charge on any atom is 0.237 e. The zero-order chi connectivity index (χ0) is 16.6. The van der Waals surface area contributed by atoms with E-state index in [4.69, 9.17) is 11.5 Å². The number of nitrogens with one attached hydrogen (secondary N) is 2. The zero-order valence-electron chi connectivity index (χ0n) is 13.3. The van der Waals surface area contributed by atoms with E-state index in [0.29, 0.717) is 25.2 Å². The predicted octanol–water partition coefficient (Wildman–Crippen LogP) is -1.98. The molecular formula is C14H22N8O. The van der Waals surface area contributed by atoms with Gasteiger partial charge in [0.15, 0.2) is 0 Å². The molecule has 2 aliphatic heterocycles. The summed E-state index contributed by atoms with van der Waals surface area (Å²) in [6, 6.07) is 1.94. The van der Waals surface area contributed by atoms with Gasteiger partial charge in [0.2, 0.25) is 17.7 Å². The van der Waals surface area contributed by atoms with Crippen molar-refractivity contribution in [2.24, 2.45) is 16.5 Å². The van der Waals surface area contributed by atoms with Crippen molar-refractivity contribution in [1.29, 1.82) is 0 Å². The Morgan fingerprint density at radius 1 is 1.52 bits per heavy atom. The average Bonchev–Trinajstić information content (AvgIpc) is 2.86. The van der Waals surface area contributed by atoms with Crippen LogP contribution in [0.1, 0.15) is 16.8 Å². The lowest BCUT2D eigenvalue weighted by Gasteiger charge is -2.30. The number of hydrogen-bond acceptors (Lipinski definition) is 8. The van der Waals surface area contributed by atoms with Crippen molar-refractivity contribution in [1.82, 2.24) is 25.6 Å². The van der Waals surface area contributed by atoms with Crippen molar-refractivity contribution in [2.45, 2.75) is 18.8 Å². The molecule has 0 fully saturated rings. The highest BCUT2D eigenvalue weighted by Gasteiger charge is 2.33. The maximum atomic E-state index is 12.2. The van der Waals surface area contributed by atoms with E-state index in [2.05, 4.69) is 20.8 Å². The fraction of sp³-hybridized carbons (Fsp3) is 0.500. The number of carbonyl (C=O) groups excluding carboxylic acids is 1. The van der Waals surface area contributed by atoms with Crippen LogP contribution in [0.2, 0.25) is 0 Å². The molecule has 3 heterocycles. The van der Waals surface area contributed by atoms with E-state index in [-0.39, 0.29) is 11.9 Å². The molecular weight excluding hydrogens is 296 g/mol. The Morgan fingerprint density at radius 3 is 2.96 bits per heavy atom. The maximum absolute atomic E-state index is 12.2. The lowest BCUT2D eigenvalue weighted by molar-refractivity contribution is -0.132. The van der Waals surface area contributed by atoms with E-state index >= 15 is 0 Å². The van der Waals surface area contributed by atoms with Crippen LogP contribution in [0, 0.1) is 0 Å². The third-order valence-corrected chi connectivity index (χ3v) is 3.96. The van der Waals surface area contributed by atoms with Crippen LogP contribution >= 0.6 is 0 Å². The Balaban J connectivity index is 1.82. The van der Waals surface area contributed by atoms with E-state index in [1.807, 2.05) is 30.0 Å². The molecule has 3 rings (SSSR count). The van der Waals surface area contributed by atoms with Crippen LogP contribution in [0.25, 0.3) is 0 Å². The van der Waals surface area contributed by atoms with Gasteiger partial charge in [0.05, 0.1) is 6.54 Å². The molecule has 1 unspecified atom stereocenters. The molecule has 0 radical (unpaired) electrons. The molecule has 0 spiro atoms. The van der Waals surface area contributed by atoms with E-state index in [1.54, 1.807) is 6.20 Å². The topological polar surface area (TPSA) is 125 Å². The summed E-state index contributed by atoms with van der Waals surface area (Å²) in [6.07, 6.45) is 2.44. The summed E-state index contributed by atoms with van der Waals surface area (Å²) in [6.45, 7) is 1.62. The number of rotatable bonds is 3. The normalized spacial score (nSPS) is 23.5. The van der Waals surface area contributed by atoms with E-state index in [0.717, 1.165) is 17.7 Å². The van der Waals surface area contributed by atoms with Gasteiger partial charge in [-0.1, -0.05) is 0 Å². The number of amides is 1. The fourth-order valence-electron chi connectivity index (χ4n) is 2.76. The predicted molar refractivity (Wildman–Crippen MR) is 85.7 cm³/mol. The number of hydrazine groups is 1. The van der Waals surface area contributed by atoms with Crippen LogP contribution in [-0.2, 0) is 23.5 Å². The first-order valence-electron chi connectivity index (χ1n) is 7.45. The first-order chi connectivity index (χ1) is 10.9. The van der Waals surface area contributed by atoms with Crippen molar-refractivity contribution in [3.63, 3.8) is 0 Å². The van der Waals surface area contributed by atoms with E-state index < -0.39 is 5.79 Å². The van der Waals surface area contributed by atoms with Gasteiger partial charge < -0.3 is 15.5 Å². The summed E-state index contributed by atoms with van der Waals surface area (Å²) in [4.78, 5) is 24.6. The Kier molecular flexibility index (Phi) is 3.92. The molecule has 6 N–H and O–H groups in total. The molecule has 1 aromatic heterocycles. The second-order valence-corrected chi connectivity index (χ2v) is 6.15. The molecule has 0 aromatic carbocycles. The lowest BCUT2D eigenvalue weighted by Crippen LogP contribution is -2.50. The van der Waals surface area contributed by atoms with Gasteiger partial charge >= 0.3 is 0 Å². The largest absolute Gasteiger partial charge is 0.369 e. The number of likely N-dealkylation sites (N-methyl/N-ethyl adjacent to an activating group) is 1. The van der Waals surface area contributed by atoms with Crippen molar-refractivity contribution in [2.75, 3.05) is 27.2 Å². The van der Waals surface area contributed by atoms with Crippen LogP contribution in [0.15, 0.2) is 17.3 Å². The molecule has 0 aliphatic carbocycles. The Bertz CT molecular complexity index is 658. The highest BCUT2D eigenvalue weighted by Crippen LogP contribution is 2.24. The third-order valence-electron chi connectivity index (χ3n) is 3.96. The van der Waals surface area contributed by atoms with Gasteiger partial charge in [0.25, 0.3) is 0 Å². The van der Waals surface area contributed by atoms with Crippen LogP contribution in [-0.4, -0.2) is 53.8 Å². The van der Waals surface area contributed by atoms with Crippen LogP contribution in [0.4, 0.5) is 0 Å². The van der Waals surface area contributed by atoms with Crippen LogP contribution < -0.4 is 22.3 Å². The molecule has 1 amide bonds. The van der Waals surface area contributed by atoms with Gasteiger partial charge in [-0.25, -0.2) is 4.99 Å². The Hall–Kier alpha value is -2.23. The van der Waals surface area contributed by atoms with Crippen molar-refractivity contribution in [3.05, 3.63) is 29.1 Å². The minimum Gasteiger partial charge on any atom is -0.369 e. The van der Waals surface area contributed by atoms with E-state index in [1.165, 1.54) is 0 Å². The number of hydrogen-bond donors (Lipinski definition) is 4. The zero-order valence-corrected chi connectivity index (χ0v) is 13.3. The summed E-state index contributed by atoms with van der Waals surface area (Å²) in [5.41, 5.74) is 20.0. The number of nitrogens with zero attached hydrogens (tertiary/aromatic N) is 4. The highest BCUT2D eigenvalue weighted by atomic mass is 16.2. The molecule has 0 saturated carbocycles. The summed E-state index contributed by atoms with van der Waals surface area (Å²) < 4.78 is 0. The van der Waals surface area contributed by atoms with Gasteiger partial charge in [-0.05, 0) is 25.7 Å². The van der Waals surface area contributed by atoms with Gasteiger partial charge in [0.1, 0.15) is 0 Å². The molecule has 23 heavy (non-hydrogen) atoms. The van der Waals surface area contributed by atoms with Gasteiger partial charge in [-0.15, -0.1) is 0 Å². The van der Waals surface area contributed by atoms with Gasteiger partial charge in [-0.2, -0.15) is 5.43 Å². The Labute approximate surface area is 134 Å². The van der Waals surface area contributed by atoms with Crippen molar-refractivity contribution < 1.29 is 4.79 Å². The molecule has 9 nitrogen and oxygen atoms in total. The van der Waals surface area contributed by atoms with Crippen LogP contribution in [0.3, 0.4) is 0 Å². The average molecular weight is 318 g/mol. The van der Waals surface area contributed by atoms with Crippen molar-refractivity contribution >= 4 is 11.9 Å². The van der Waals surface area contributed by atoms with Gasteiger partial charge in [0, 0.05) is 37.0 Å². The smallest absolute Gasteiger partial charge is 0.237 e. The minimum absolute atomic E-state index is 0.108. The second kappa shape index (κ2) is 5.76. The van der Waals surface area contributed by atoms with Crippen LogP contribution in [0.5, 0.6) is 0 Å². The number of fused-ring (bicyclic) bond motifs is 1. The lowest BCUT2D eigenvalue weighted by atomic mass is 10.0. The quantitative estimate of drug-likeness (QED) is 0.509. The monoisotopic (exact) mass is 318 g/mol. The Morgan fingerprint density at radius 2 is 2.30 bits per heavy atom. The molecule has 0 bridgehead atoms. The number of aromatic nitrogens is 1. The molecule has 1 aromatic rings. The first-order valence-corrected chi connectivity index (χ1v) is 7.45. The number of guanidine groups is 1. The van der Waals surface area contributed by atoms with Gasteiger partial charge in [-0.3, -0.25) is 20.9 Å². The SMILES string of the molecule is CN(C)CC(=O)N1CCc2ncc(C3(N)N=C(N)NN3)cc2C1. The standard InChI is InChI=1S/C14H22N8O/c1-21(2)8-12(23)22-4-3-11-9(7-22)5-10(6-17-11)14(16)18-13(15)19-20-14/h5-6,20H,3-4,7-8,16H2,1-2H3,(H3,15,18,19). The number of nitrogens with two attached hydrogens (primary N) is 2. The highest BCUT2D eigenvalue weighted by molar-refractivity contribution is 5.79. The molecule has 124 valence electrons. The summed E-state index contributed by atoms with van der Waals surface area (Å²) in [5, 5.41) is 0. The third kappa shape index (κ3) is 3.11. The first kappa shape index (κ1) is 15.7. The molecule has 9 heteroatoms. The molecule has 0 saturated heterocycles. The molecule has 2 aliphatic rings. The fourth-order valence-corrected chi connectivity index (χ4v) is 2.76. The summed E-state index contributed by atoms with van der Waals surface area (Å²) in [7, 11) is 3.77. The minimum atomic E-state index is -1.14. The second-order valence-electron chi connectivity index (χ2n) is 6.15. The molecule has 1 atom stereocenters. The number of pyridine rings is 1. The summed E-state index contributed by atoms with van der Waals surface area (Å²) in [5.74, 6) is -0.799. The number of carbonyl (C=O) groups is 1.